The molecule has 0 atom stereocenters. The summed E-state index contributed by atoms with van der Waals surface area (Å²) in [6.07, 6.45) is 5.33. The van der Waals surface area contributed by atoms with E-state index in [-0.39, 0.29) is 0 Å². The Bertz CT molecular complexity index is 88.2. The van der Waals surface area contributed by atoms with Crippen LogP contribution in [0.5, 0.6) is 0 Å². The Balaban J connectivity index is 2.30. The van der Waals surface area contributed by atoms with Crippen LogP contribution in [0.15, 0.2) is 0 Å². The summed E-state index contributed by atoms with van der Waals surface area (Å²) in [4.78, 5) is 0. The van der Waals surface area contributed by atoms with E-state index in [4.69, 9.17) is 0 Å². The van der Waals surface area contributed by atoms with Crippen molar-refractivity contribution in [3.63, 3.8) is 0 Å². The van der Waals surface area contributed by atoms with Crippen LogP contribution < -0.4 is 0 Å². The minimum atomic E-state index is 0.599. The predicted octanol–water partition coefficient (Wildman–Crippen LogP) is 3.04. The lowest BCUT2D eigenvalue weighted by atomic mass is 9.83. The van der Waals surface area contributed by atoms with Crippen molar-refractivity contribution in [1.82, 2.24) is 0 Å². The first-order valence-electron chi connectivity index (χ1n) is 3.96. The molecule has 1 radical (unpaired) electrons. The van der Waals surface area contributed by atoms with E-state index in [2.05, 4.69) is 20.8 Å². The summed E-state index contributed by atoms with van der Waals surface area (Å²) >= 11 is 0. The lowest BCUT2D eigenvalue weighted by Gasteiger charge is -2.22. The van der Waals surface area contributed by atoms with Gasteiger partial charge in [-0.1, -0.05) is 27.2 Å². The summed E-state index contributed by atoms with van der Waals surface area (Å²) in [5.74, 6) is 1.03. The molecule has 0 amide bonds. The second-order valence-electron chi connectivity index (χ2n) is 3.87. The number of hydrogen-bond acceptors (Lipinski definition) is 0. The third kappa shape index (κ3) is 1.70. The minimum Gasteiger partial charge on any atom is -0.0596 e. The van der Waals surface area contributed by atoms with E-state index in [0.717, 1.165) is 12.3 Å². The molecule has 9 heavy (non-hydrogen) atoms. The van der Waals surface area contributed by atoms with Gasteiger partial charge < -0.3 is 0 Å². The van der Waals surface area contributed by atoms with Gasteiger partial charge in [-0.3, -0.25) is 0 Å². The molecule has 1 rings (SSSR count). The van der Waals surface area contributed by atoms with Crippen LogP contribution in [-0.4, -0.2) is 0 Å². The zero-order valence-corrected chi connectivity index (χ0v) is 6.61. The Kier molecular flexibility index (Phi) is 1.83. The molecule has 0 nitrogen and oxygen atoms in total. The van der Waals surface area contributed by atoms with Crippen molar-refractivity contribution >= 4 is 0 Å². The highest BCUT2D eigenvalue weighted by atomic mass is 14.4. The Morgan fingerprint density at radius 2 is 2.00 bits per heavy atom. The smallest absolute Gasteiger partial charge is 0.0326 e. The maximum absolute atomic E-state index is 3.88. The molecule has 0 spiro atoms. The molecule has 1 aliphatic carbocycles. The first-order chi connectivity index (χ1) is 4.17. The van der Waals surface area contributed by atoms with E-state index < -0.39 is 0 Å². The highest BCUT2D eigenvalue weighted by molar-refractivity contribution is 4.87. The van der Waals surface area contributed by atoms with Gasteiger partial charge in [-0.2, -0.15) is 0 Å². The Labute approximate surface area is 58.7 Å². The molecular formula is C9H17. The zero-order chi connectivity index (χ0) is 6.91. The van der Waals surface area contributed by atoms with Gasteiger partial charge in [-0.15, -0.1) is 0 Å². The maximum Gasteiger partial charge on any atom is -0.0326 e. The van der Waals surface area contributed by atoms with Gasteiger partial charge in [-0.25, -0.2) is 0 Å². The molecule has 0 heteroatoms. The topological polar surface area (TPSA) is 0 Å². The second-order valence-corrected chi connectivity index (χ2v) is 3.87. The SMILES string of the molecule is [CH2]CCC(C)(C)C1CC1. The molecule has 1 saturated carbocycles. The van der Waals surface area contributed by atoms with Crippen LogP contribution in [0.25, 0.3) is 0 Å². The van der Waals surface area contributed by atoms with Gasteiger partial charge in [0.25, 0.3) is 0 Å². The van der Waals surface area contributed by atoms with Gasteiger partial charge in [0.15, 0.2) is 0 Å². The van der Waals surface area contributed by atoms with Crippen LogP contribution in [0.2, 0.25) is 0 Å². The molecule has 0 aromatic carbocycles. The molecule has 0 saturated heterocycles. The maximum atomic E-state index is 3.88. The summed E-state index contributed by atoms with van der Waals surface area (Å²) in [5.41, 5.74) is 0.599. The van der Waals surface area contributed by atoms with Crippen LogP contribution in [0.1, 0.15) is 39.5 Å². The highest BCUT2D eigenvalue weighted by Gasteiger charge is 2.36. The minimum absolute atomic E-state index is 0.599. The molecule has 1 fully saturated rings. The van der Waals surface area contributed by atoms with Crippen LogP contribution >= 0.6 is 0 Å². The summed E-state index contributed by atoms with van der Waals surface area (Å²) in [5, 5.41) is 0. The lowest BCUT2D eigenvalue weighted by Crippen LogP contribution is -2.12. The highest BCUT2D eigenvalue weighted by Crippen LogP contribution is 2.47. The largest absolute Gasteiger partial charge is 0.0596 e. The van der Waals surface area contributed by atoms with Crippen LogP contribution in [0, 0.1) is 18.3 Å². The van der Waals surface area contributed by atoms with Gasteiger partial charge in [-0.05, 0) is 30.6 Å². The molecule has 0 aliphatic heterocycles. The average molecular weight is 125 g/mol. The average Bonchev–Trinajstić information content (AvgIpc) is 2.41. The van der Waals surface area contributed by atoms with Gasteiger partial charge in [0.05, 0.1) is 0 Å². The predicted molar refractivity (Wildman–Crippen MR) is 41.1 cm³/mol. The van der Waals surface area contributed by atoms with Gasteiger partial charge in [0.1, 0.15) is 0 Å². The van der Waals surface area contributed by atoms with E-state index in [9.17, 15) is 0 Å². The fraction of sp³-hybridized carbons (Fsp3) is 0.889. The van der Waals surface area contributed by atoms with Crippen molar-refractivity contribution in [1.29, 1.82) is 0 Å². The summed E-state index contributed by atoms with van der Waals surface area (Å²) in [6.45, 7) is 8.62. The quantitative estimate of drug-likeness (QED) is 0.544. The number of rotatable bonds is 3. The van der Waals surface area contributed by atoms with E-state index in [1.807, 2.05) is 0 Å². The van der Waals surface area contributed by atoms with E-state index >= 15 is 0 Å². The molecule has 0 heterocycles. The molecule has 0 aromatic rings. The molecule has 1 aliphatic rings. The standard InChI is InChI=1S/C9H17/c1-4-7-9(2,3)8-5-6-8/h8H,1,4-7H2,2-3H3. The van der Waals surface area contributed by atoms with Gasteiger partial charge in [0.2, 0.25) is 0 Å². The van der Waals surface area contributed by atoms with Crippen molar-refractivity contribution in [3.05, 3.63) is 6.92 Å². The summed E-state index contributed by atoms with van der Waals surface area (Å²) < 4.78 is 0. The normalized spacial score (nSPS) is 20.3. The number of hydrogen-bond donors (Lipinski definition) is 0. The zero-order valence-electron chi connectivity index (χ0n) is 6.61. The Morgan fingerprint density at radius 3 is 2.33 bits per heavy atom. The Morgan fingerprint density at radius 1 is 1.44 bits per heavy atom. The molecule has 0 unspecified atom stereocenters. The summed E-state index contributed by atoms with van der Waals surface area (Å²) in [6, 6.07) is 0. The fourth-order valence-electron chi connectivity index (χ4n) is 1.52. The van der Waals surface area contributed by atoms with E-state index in [1.54, 1.807) is 0 Å². The molecule has 0 aromatic heterocycles. The molecule has 0 bridgehead atoms. The first-order valence-corrected chi connectivity index (χ1v) is 3.96. The third-order valence-electron chi connectivity index (χ3n) is 2.50. The third-order valence-corrected chi connectivity index (χ3v) is 2.50. The van der Waals surface area contributed by atoms with Gasteiger partial charge in [0, 0.05) is 0 Å². The van der Waals surface area contributed by atoms with Crippen LogP contribution in [0.3, 0.4) is 0 Å². The molecule has 53 valence electrons. The second kappa shape index (κ2) is 2.32. The van der Waals surface area contributed by atoms with Crippen molar-refractivity contribution in [2.45, 2.75) is 39.5 Å². The molecule has 0 N–H and O–H groups in total. The first kappa shape index (κ1) is 7.11. The van der Waals surface area contributed by atoms with E-state index in [1.165, 1.54) is 19.3 Å². The molecular weight excluding hydrogens is 108 g/mol. The van der Waals surface area contributed by atoms with E-state index in [0.29, 0.717) is 5.41 Å². The van der Waals surface area contributed by atoms with Crippen LogP contribution in [0.4, 0.5) is 0 Å². The Hall–Kier alpha value is 0. The van der Waals surface area contributed by atoms with Crippen molar-refractivity contribution in [2.75, 3.05) is 0 Å². The summed E-state index contributed by atoms with van der Waals surface area (Å²) in [7, 11) is 0. The fourth-order valence-corrected chi connectivity index (χ4v) is 1.52. The monoisotopic (exact) mass is 125 g/mol. The van der Waals surface area contributed by atoms with Crippen molar-refractivity contribution < 1.29 is 0 Å². The van der Waals surface area contributed by atoms with Crippen molar-refractivity contribution in [2.24, 2.45) is 11.3 Å². The van der Waals surface area contributed by atoms with Crippen LogP contribution in [-0.2, 0) is 0 Å². The lowest BCUT2D eigenvalue weighted by molar-refractivity contribution is 0.285. The van der Waals surface area contributed by atoms with Crippen molar-refractivity contribution in [3.8, 4) is 0 Å². The van der Waals surface area contributed by atoms with Gasteiger partial charge >= 0.3 is 0 Å².